The first-order valence-electron chi connectivity index (χ1n) is 30.7. The van der Waals surface area contributed by atoms with Gasteiger partial charge in [0, 0.05) is 110 Å². The van der Waals surface area contributed by atoms with Crippen LogP contribution in [0.15, 0.2) is 274 Å². The summed E-state index contributed by atoms with van der Waals surface area (Å²) in [5.74, 6) is 3.83. The highest BCUT2D eigenvalue weighted by Crippen LogP contribution is 2.35. The maximum Gasteiger partial charge on any atom is 0.183 e. The average molecular weight is 1230 g/mol. The van der Waals surface area contributed by atoms with Crippen molar-refractivity contribution < 1.29 is 9.59 Å². The van der Waals surface area contributed by atoms with Crippen molar-refractivity contribution in [1.82, 2.24) is 58.7 Å². The van der Waals surface area contributed by atoms with Gasteiger partial charge in [0.15, 0.2) is 46.5 Å². The van der Waals surface area contributed by atoms with Gasteiger partial charge in [0.05, 0.1) is 0 Å². The summed E-state index contributed by atoms with van der Waals surface area (Å²) in [6.45, 7) is 6.92. The Labute approximate surface area is 542 Å². The number of nitrogens with zero attached hydrogens (tertiary/aromatic N) is 12. The molecule has 0 unspecified atom stereocenters. The molecule has 17 nitrogen and oxygen atoms in total. The molecule has 3 N–H and O–H groups in total. The monoisotopic (exact) mass is 1230 g/mol. The van der Waals surface area contributed by atoms with Crippen LogP contribution in [-0.4, -0.2) is 70.3 Å². The number of anilines is 3. The molecule has 0 atom stereocenters. The van der Waals surface area contributed by atoms with E-state index in [2.05, 4.69) is 110 Å². The predicted molar refractivity (Wildman–Crippen MR) is 371 cm³/mol. The summed E-state index contributed by atoms with van der Waals surface area (Å²) in [4.78, 5) is 50.6. The standard InChI is InChI=1S/2C26H21N5O.C25H21N5/c2*1-18(32)23-13-12-21(17-27-23)25-29-26(28-16-19-8-4-2-5-9-19)24-22(14-15-31(24)30-25)20-10-6-3-7-11-20;1-18-12-13-21(17-26-18)24-28-25(27-16-19-8-4-2-5-9-19)23-22(14-15-30(23)29-24)20-10-6-3-7-11-20/h2*2-15,17H,16H2,1H3,(H,28,29,30);2-15,17H,16H2,1H3,(H,27,28,29). The molecule has 0 saturated carbocycles. The first-order chi connectivity index (χ1) is 46.1. The lowest BCUT2D eigenvalue weighted by Crippen LogP contribution is -2.07. The number of aromatic nitrogens is 12. The third kappa shape index (κ3) is 13.9. The molecule has 15 rings (SSSR count). The van der Waals surface area contributed by atoms with E-state index < -0.39 is 0 Å². The average Bonchev–Trinajstić information content (AvgIpc) is 1.59. The molecule has 0 amide bonds. The van der Waals surface area contributed by atoms with E-state index in [1.54, 1.807) is 24.5 Å². The second-order valence-corrected chi connectivity index (χ2v) is 22.2. The van der Waals surface area contributed by atoms with Gasteiger partial charge in [0.1, 0.15) is 27.9 Å². The number of pyridine rings is 3. The van der Waals surface area contributed by atoms with E-state index in [0.717, 1.165) is 101 Å². The van der Waals surface area contributed by atoms with Gasteiger partial charge in [-0.15, -0.1) is 15.3 Å². The minimum absolute atomic E-state index is 0.0731. The number of hydrogen-bond acceptors (Lipinski definition) is 14. The summed E-state index contributed by atoms with van der Waals surface area (Å²) in [7, 11) is 0. The van der Waals surface area contributed by atoms with Gasteiger partial charge in [-0.25, -0.2) is 28.5 Å². The van der Waals surface area contributed by atoms with Crippen LogP contribution in [0.1, 0.15) is 57.2 Å². The number of hydrogen-bond donors (Lipinski definition) is 3. The number of carbonyl (C=O) groups is 2. The molecule has 0 fully saturated rings. The molecule has 0 spiro atoms. The maximum atomic E-state index is 11.6. The fourth-order valence-corrected chi connectivity index (χ4v) is 10.8. The minimum atomic E-state index is -0.0731. The molecule has 94 heavy (non-hydrogen) atoms. The first-order valence-corrected chi connectivity index (χ1v) is 30.7. The van der Waals surface area contributed by atoms with Gasteiger partial charge in [-0.1, -0.05) is 182 Å². The Morgan fingerprint density at radius 1 is 0.330 bits per heavy atom. The number of Topliss-reactive ketones (excluding diaryl/α,β-unsaturated/α-hetero) is 2. The van der Waals surface area contributed by atoms with Gasteiger partial charge in [-0.3, -0.25) is 24.5 Å². The zero-order valence-electron chi connectivity index (χ0n) is 51.8. The van der Waals surface area contributed by atoms with Crippen LogP contribution in [0.3, 0.4) is 0 Å². The normalized spacial score (nSPS) is 10.9. The van der Waals surface area contributed by atoms with Crippen LogP contribution in [0.2, 0.25) is 0 Å². The summed E-state index contributed by atoms with van der Waals surface area (Å²) in [5, 5.41) is 24.7. The number of ketones is 2. The second-order valence-electron chi connectivity index (χ2n) is 22.2. The van der Waals surface area contributed by atoms with Crippen molar-refractivity contribution in [2.75, 3.05) is 16.0 Å². The Hall–Kier alpha value is -12.6. The molecule has 6 aromatic carbocycles. The third-order valence-electron chi connectivity index (χ3n) is 15.6. The molecule has 17 heteroatoms. The van der Waals surface area contributed by atoms with Crippen LogP contribution in [-0.2, 0) is 19.6 Å². The van der Waals surface area contributed by atoms with Crippen LogP contribution in [0.5, 0.6) is 0 Å². The first kappa shape index (κ1) is 60.3. The Bertz CT molecular complexity index is 4830. The van der Waals surface area contributed by atoms with Gasteiger partial charge in [0.25, 0.3) is 0 Å². The SMILES string of the molecule is CC(=O)c1ccc(-c2nc(NCc3ccccc3)c3c(-c4ccccc4)ccn3n2)cn1.CC(=O)c1ccc(-c2nc(NCc3ccccc3)c3c(-c4ccccc4)ccn3n2)cn1.Cc1ccc(-c2nc(NCc3ccccc3)c3c(-c4ccccc4)ccn3n2)cn1. The van der Waals surface area contributed by atoms with Crippen LogP contribution in [0.25, 0.3) is 84.1 Å². The lowest BCUT2D eigenvalue weighted by molar-refractivity contribution is 0.100. The molecule has 15 aromatic rings. The molecule has 458 valence electrons. The van der Waals surface area contributed by atoms with Gasteiger partial charge < -0.3 is 16.0 Å². The maximum absolute atomic E-state index is 11.6. The Morgan fingerprint density at radius 2 is 0.617 bits per heavy atom. The zero-order valence-corrected chi connectivity index (χ0v) is 51.8. The largest absolute Gasteiger partial charge is 0.364 e. The van der Waals surface area contributed by atoms with E-state index in [9.17, 15) is 9.59 Å². The highest BCUT2D eigenvalue weighted by Gasteiger charge is 2.20. The van der Waals surface area contributed by atoms with Gasteiger partial charge >= 0.3 is 0 Å². The van der Waals surface area contributed by atoms with E-state index in [1.165, 1.54) is 19.4 Å². The quantitative estimate of drug-likeness (QED) is 0.0727. The topological polar surface area (TPSA) is 199 Å². The van der Waals surface area contributed by atoms with E-state index in [-0.39, 0.29) is 11.6 Å². The molecule has 0 saturated heterocycles. The molecule has 0 aliphatic carbocycles. The fraction of sp³-hybridized carbons (Fsp3) is 0.0779. The second kappa shape index (κ2) is 28.0. The van der Waals surface area contributed by atoms with Crippen LogP contribution >= 0.6 is 0 Å². The van der Waals surface area contributed by atoms with Gasteiger partial charge in [0.2, 0.25) is 0 Å². The molecule has 9 heterocycles. The molecule has 0 bridgehead atoms. The Kier molecular flexibility index (Phi) is 18.0. The van der Waals surface area contributed by atoms with Gasteiger partial charge in [-0.05, 0) is 94.9 Å². The highest BCUT2D eigenvalue weighted by atomic mass is 16.1. The number of fused-ring (bicyclic) bond motifs is 3. The number of benzene rings is 6. The van der Waals surface area contributed by atoms with Crippen molar-refractivity contribution in [3.63, 3.8) is 0 Å². The van der Waals surface area contributed by atoms with Crippen molar-refractivity contribution in [1.29, 1.82) is 0 Å². The lowest BCUT2D eigenvalue weighted by atomic mass is 10.1. The minimum Gasteiger partial charge on any atom is -0.364 e. The number of carbonyl (C=O) groups excluding carboxylic acids is 2. The van der Waals surface area contributed by atoms with Crippen LogP contribution < -0.4 is 16.0 Å². The van der Waals surface area contributed by atoms with Crippen molar-refractivity contribution in [2.45, 2.75) is 40.4 Å². The van der Waals surface area contributed by atoms with Crippen LogP contribution in [0, 0.1) is 6.92 Å². The van der Waals surface area contributed by atoms with Crippen LogP contribution in [0.4, 0.5) is 17.5 Å². The van der Waals surface area contributed by atoms with Crippen molar-refractivity contribution >= 4 is 45.6 Å². The summed E-state index contributed by atoms with van der Waals surface area (Å²) >= 11 is 0. The summed E-state index contributed by atoms with van der Waals surface area (Å²) in [6, 6.07) is 78.7. The lowest BCUT2D eigenvalue weighted by Gasteiger charge is -2.12. The predicted octanol–water partition coefficient (Wildman–Crippen LogP) is 15.9. The van der Waals surface area contributed by atoms with E-state index in [4.69, 9.17) is 30.2 Å². The molecule has 0 aliphatic heterocycles. The van der Waals surface area contributed by atoms with E-state index in [0.29, 0.717) is 48.5 Å². The summed E-state index contributed by atoms with van der Waals surface area (Å²) in [5.41, 5.74) is 17.0. The van der Waals surface area contributed by atoms with Crippen molar-refractivity contribution in [3.8, 4) is 67.5 Å². The van der Waals surface area contributed by atoms with Crippen molar-refractivity contribution in [3.05, 3.63) is 308 Å². The smallest absolute Gasteiger partial charge is 0.183 e. The molecular formula is C77H63N15O2. The Balaban J connectivity index is 0.000000128. The Morgan fingerprint density at radius 3 is 0.883 bits per heavy atom. The molecule has 0 aliphatic rings. The summed E-state index contributed by atoms with van der Waals surface area (Å²) < 4.78 is 5.59. The van der Waals surface area contributed by atoms with E-state index in [1.807, 2.05) is 191 Å². The molecular weight excluding hydrogens is 1170 g/mol. The third-order valence-corrected chi connectivity index (χ3v) is 15.6. The summed E-state index contributed by atoms with van der Waals surface area (Å²) in [6.07, 6.45) is 11.0. The zero-order chi connectivity index (χ0) is 64.2. The number of rotatable bonds is 17. The number of aryl methyl sites for hydroxylation is 1. The van der Waals surface area contributed by atoms with Gasteiger partial charge in [-0.2, -0.15) is 0 Å². The molecule has 0 radical (unpaired) electrons. The number of nitrogens with one attached hydrogen (secondary N) is 3. The van der Waals surface area contributed by atoms with Crippen molar-refractivity contribution in [2.24, 2.45) is 0 Å². The van der Waals surface area contributed by atoms with E-state index >= 15 is 0 Å². The molecule has 9 aromatic heterocycles. The highest BCUT2D eigenvalue weighted by molar-refractivity contribution is 5.94. The fourth-order valence-electron chi connectivity index (χ4n) is 10.8.